The number of likely N-dealkylation sites (tertiary alicyclic amines) is 1. The summed E-state index contributed by atoms with van der Waals surface area (Å²) in [5, 5.41) is 9.59. The molecule has 0 bridgehead atoms. The van der Waals surface area contributed by atoms with E-state index in [1.54, 1.807) is 4.90 Å². The number of urea groups is 1. The van der Waals surface area contributed by atoms with Crippen molar-refractivity contribution in [3.63, 3.8) is 0 Å². The Hall–Kier alpha value is -1.26. The first kappa shape index (κ1) is 16.1. The van der Waals surface area contributed by atoms with Crippen LogP contribution in [0.2, 0.25) is 0 Å². The van der Waals surface area contributed by atoms with Crippen LogP contribution in [-0.4, -0.2) is 52.6 Å². The highest BCUT2D eigenvalue weighted by atomic mass is 16.4. The molecule has 0 spiro atoms. The molecule has 2 aliphatic rings. The smallest absolute Gasteiger partial charge is 0.320 e. The highest BCUT2D eigenvalue weighted by Gasteiger charge is 2.49. The molecule has 1 N–H and O–H groups in total. The average Bonchev–Trinajstić information content (AvgIpc) is 3.09. The van der Waals surface area contributed by atoms with Crippen LogP contribution in [0.3, 0.4) is 0 Å². The largest absolute Gasteiger partial charge is 0.481 e. The van der Waals surface area contributed by atoms with Crippen molar-refractivity contribution in [2.24, 2.45) is 11.3 Å². The predicted molar refractivity (Wildman–Crippen MR) is 81.1 cm³/mol. The van der Waals surface area contributed by atoms with E-state index >= 15 is 0 Å². The number of nitrogens with zero attached hydrogens (tertiary/aromatic N) is 2. The second-order valence-corrected chi connectivity index (χ2v) is 6.79. The van der Waals surface area contributed by atoms with Crippen LogP contribution >= 0.6 is 0 Å². The van der Waals surface area contributed by atoms with Gasteiger partial charge in [0.15, 0.2) is 0 Å². The SMILES string of the molecule is CCN(C(=O)N1CCC(C(=O)O)(C(C)C)C1)C1CCCC1. The molecule has 5 nitrogen and oxygen atoms in total. The summed E-state index contributed by atoms with van der Waals surface area (Å²) in [4.78, 5) is 28.1. The summed E-state index contributed by atoms with van der Waals surface area (Å²) in [6.45, 7) is 7.52. The Morgan fingerprint density at radius 1 is 1.33 bits per heavy atom. The summed E-state index contributed by atoms with van der Waals surface area (Å²) < 4.78 is 0. The van der Waals surface area contributed by atoms with Crippen LogP contribution in [-0.2, 0) is 4.79 Å². The van der Waals surface area contributed by atoms with E-state index in [1.807, 2.05) is 25.7 Å². The molecule has 0 aromatic rings. The third-order valence-corrected chi connectivity index (χ3v) is 5.45. The van der Waals surface area contributed by atoms with E-state index in [1.165, 1.54) is 12.8 Å². The zero-order valence-electron chi connectivity index (χ0n) is 13.5. The fraction of sp³-hybridized carbons (Fsp3) is 0.875. The number of carboxylic acid groups (broad SMARTS) is 1. The number of aliphatic carboxylic acids is 1. The Balaban J connectivity index is 2.08. The quantitative estimate of drug-likeness (QED) is 0.867. The van der Waals surface area contributed by atoms with Gasteiger partial charge in [0.1, 0.15) is 0 Å². The van der Waals surface area contributed by atoms with Crippen LogP contribution in [0.4, 0.5) is 4.79 Å². The molecule has 1 atom stereocenters. The van der Waals surface area contributed by atoms with Crippen LogP contribution in [0.1, 0.15) is 52.9 Å². The van der Waals surface area contributed by atoms with Crippen molar-refractivity contribution in [1.29, 1.82) is 0 Å². The molecule has 0 radical (unpaired) electrons. The maximum absolute atomic E-state index is 12.8. The van der Waals surface area contributed by atoms with Crippen molar-refractivity contribution >= 4 is 12.0 Å². The van der Waals surface area contributed by atoms with E-state index in [0.717, 1.165) is 12.8 Å². The van der Waals surface area contributed by atoms with Crippen molar-refractivity contribution in [1.82, 2.24) is 9.80 Å². The lowest BCUT2D eigenvalue weighted by Gasteiger charge is -2.33. The maximum Gasteiger partial charge on any atom is 0.320 e. The molecule has 1 saturated carbocycles. The standard InChI is InChI=1S/C16H28N2O3/c1-4-18(13-7-5-6-8-13)15(21)17-10-9-16(11-17,12(2)3)14(19)20/h12-13H,4-11H2,1-3H3,(H,19,20). The van der Waals surface area contributed by atoms with Gasteiger partial charge in [0, 0.05) is 25.7 Å². The second-order valence-electron chi connectivity index (χ2n) is 6.79. The fourth-order valence-electron chi connectivity index (χ4n) is 3.84. The normalized spacial score (nSPS) is 26.6. The molecule has 2 rings (SSSR count). The Labute approximate surface area is 127 Å². The van der Waals surface area contributed by atoms with Gasteiger partial charge in [-0.15, -0.1) is 0 Å². The summed E-state index contributed by atoms with van der Waals surface area (Å²) in [6.07, 6.45) is 5.12. The number of carbonyl (C=O) groups excluding carboxylic acids is 1. The Morgan fingerprint density at radius 2 is 1.95 bits per heavy atom. The van der Waals surface area contributed by atoms with Crippen molar-refractivity contribution in [3.8, 4) is 0 Å². The molecular formula is C16H28N2O3. The molecule has 1 heterocycles. The molecule has 1 saturated heterocycles. The number of carboxylic acids is 1. The van der Waals surface area contributed by atoms with Crippen LogP contribution in [0, 0.1) is 11.3 Å². The van der Waals surface area contributed by atoms with Gasteiger partial charge in [-0.05, 0) is 32.1 Å². The maximum atomic E-state index is 12.8. The van der Waals surface area contributed by atoms with Crippen molar-refractivity contribution in [2.75, 3.05) is 19.6 Å². The first-order valence-electron chi connectivity index (χ1n) is 8.21. The highest BCUT2D eigenvalue weighted by molar-refractivity contribution is 5.80. The summed E-state index contributed by atoms with van der Waals surface area (Å²) in [6, 6.07) is 0.384. The van der Waals surface area contributed by atoms with Gasteiger partial charge in [0.05, 0.1) is 5.41 Å². The van der Waals surface area contributed by atoms with E-state index in [4.69, 9.17) is 0 Å². The van der Waals surface area contributed by atoms with E-state index < -0.39 is 11.4 Å². The predicted octanol–water partition coefficient (Wildman–Crippen LogP) is 2.80. The van der Waals surface area contributed by atoms with Gasteiger partial charge in [-0.25, -0.2) is 4.79 Å². The average molecular weight is 296 g/mol. The highest BCUT2D eigenvalue weighted by Crippen LogP contribution is 2.39. The summed E-state index contributed by atoms with van der Waals surface area (Å²) >= 11 is 0. The first-order chi connectivity index (χ1) is 9.92. The molecule has 120 valence electrons. The van der Waals surface area contributed by atoms with E-state index in [2.05, 4.69) is 0 Å². The fourth-order valence-corrected chi connectivity index (χ4v) is 3.84. The molecule has 1 aliphatic carbocycles. The van der Waals surface area contributed by atoms with Crippen LogP contribution in [0.25, 0.3) is 0 Å². The minimum absolute atomic E-state index is 0.0353. The van der Waals surface area contributed by atoms with Crippen LogP contribution in [0.15, 0.2) is 0 Å². The van der Waals surface area contributed by atoms with Gasteiger partial charge in [0.25, 0.3) is 0 Å². The number of hydrogen-bond donors (Lipinski definition) is 1. The monoisotopic (exact) mass is 296 g/mol. The molecular weight excluding hydrogens is 268 g/mol. The molecule has 1 aliphatic heterocycles. The zero-order chi connectivity index (χ0) is 15.6. The van der Waals surface area contributed by atoms with Gasteiger partial charge in [0.2, 0.25) is 0 Å². The van der Waals surface area contributed by atoms with Crippen molar-refractivity contribution in [3.05, 3.63) is 0 Å². The molecule has 0 aromatic heterocycles. The number of amides is 2. The summed E-state index contributed by atoms with van der Waals surface area (Å²) in [5.41, 5.74) is -0.773. The molecule has 0 aromatic carbocycles. The van der Waals surface area contributed by atoms with E-state index in [-0.39, 0.29) is 11.9 Å². The van der Waals surface area contributed by atoms with Gasteiger partial charge in [-0.2, -0.15) is 0 Å². The third kappa shape index (κ3) is 2.87. The minimum atomic E-state index is -0.773. The summed E-state index contributed by atoms with van der Waals surface area (Å²) in [5.74, 6) is -0.730. The minimum Gasteiger partial charge on any atom is -0.481 e. The summed E-state index contributed by atoms with van der Waals surface area (Å²) in [7, 11) is 0. The second kappa shape index (κ2) is 6.24. The zero-order valence-corrected chi connectivity index (χ0v) is 13.5. The number of hydrogen-bond acceptors (Lipinski definition) is 2. The Kier molecular flexibility index (Phi) is 4.79. The van der Waals surface area contributed by atoms with Crippen LogP contribution in [0.5, 0.6) is 0 Å². The third-order valence-electron chi connectivity index (χ3n) is 5.45. The Bertz CT molecular complexity index is 404. The molecule has 21 heavy (non-hydrogen) atoms. The molecule has 2 fully saturated rings. The van der Waals surface area contributed by atoms with Crippen LogP contribution < -0.4 is 0 Å². The molecule has 2 amide bonds. The van der Waals surface area contributed by atoms with Gasteiger partial charge >= 0.3 is 12.0 Å². The lowest BCUT2D eigenvalue weighted by Crippen LogP contribution is -2.48. The number of carbonyl (C=O) groups is 2. The molecule has 5 heteroatoms. The number of rotatable bonds is 4. The lowest BCUT2D eigenvalue weighted by atomic mass is 9.76. The topological polar surface area (TPSA) is 60.9 Å². The van der Waals surface area contributed by atoms with E-state index in [9.17, 15) is 14.7 Å². The first-order valence-corrected chi connectivity index (χ1v) is 8.21. The van der Waals surface area contributed by atoms with Gasteiger partial charge in [-0.3, -0.25) is 4.79 Å². The molecule has 1 unspecified atom stereocenters. The van der Waals surface area contributed by atoms with Crippen molar-refractivity contribution < 1.29 is 14.7 Å². The lowest BCUT2D eigenvalue weighted by molar-refractivity contribution is -0.150. The Morgan fingerprint density at radius 3 is 2.38 bits per heavy atom. The van der Waals surface area contributed by atoms with E-state index in [0.29, 0.717) is 32.1 Å². The van der Waals surface area contributed by atoms with Gasteiger partial charge < -0.3 is 14.9 Å². The van der Waals surface area contributed by atoms with Gasteiger partial charge in [-0.1, -0.05) is 26.7 Å². The van der Waals surface area contributed by atoms with Crippen molar-refractivity contribution in [2.45, 2.75) is 58.9 Å².